The summed E-state index contributed by atoms with van der Waals surface area (Å²) in [5, 5.41) is 15.7. The summed E-state index contributed by atoms with van der Waals surface area (Å²) in [6.07, 6.45) is 3.22. The van der Waals surface area contributed by atoms with E-state index >= 15 is 0 Å². The van der Waals surface area contributed by atoms with Gasteiger partial charge in [-0.05, 0) is 39.0 Å². The normalized spacial score (nSPS) is 16.0. The first-order chi connectivity index (χ1) is 9.65. The molecular formula is C15H26N4O. The number of nitrogens with zero attached hydrogens (tertiary/aromatic N) is 2. The molecule has 0 saturated heterocycles. The van der Waals surface area contributed by atoms with Crippen molar-refractivity contribution < 1.29 is 5.11 Å². The summed E-state index contributed by atoms with van der Waals surface area (Å²) < 4.78 is 0. The van der Waals surface area contributed by atoms with E-state index in [1.54, 1.807) is 0 Å². The van der Waals surface area contributed by atoms with Crippen molar-refractivity contribution in [2.45, 2.75) is 46.0 Å². The second kappa shape index (κ2) is 6.88. The highest BCUT2D eigenvalue weighted by Crippen LogP contribution is 2.39. The molecule has 1 atom stereocenters. The van der Waals surface area contributed by atoms with Crippen LogP contribution in [0.4, 0.5) is 11.6 Å². The lowest BCUT2D eigenvalue weighted by molar-refractivity contribution is 0.266. The highest BCUT2D eigenvalue weighted by molar-refractivity contribution is 5.57. The molecule has 0 aliphatic heterocycles. The van der Waals surface area contributed by atoms with Gasteiger partial charge in [-0.25, -0.2) is 9.97 Å². The first kappa shape index (κ1) is 15.0. The van der Waals surface area contributed by atoms with Crippen molar-refractivity contribution >= 4 is 11.6 Å². The molecule has 0 aromatic carbocycles. The van der Waals surface area contributed by atoms with E-state index in [-0.39, 0.29) is 6.61 Å². The number of aromatic nitrogens is 2. The fourth-order valence-electron chi connectivity index (χ4n) is 2.16. The number of anilines is 2. The Morgan fingerprint density at radius 1 is 1.25 bits per heavy atom. The average Bonchev–Trinajstić information content (AvgIpc) is 3.24. The molecule has 2 rings (SSSR count). The largest absolute Gasteiger partial charge is 0.396 e. The minimum atomic E-state index is 0.238. The van der Waals surface area contributed by atoms with Gasteiger partial charge in [0.2, 0.25) is 0 Å². The first-order valence-corrected chi connectivity index (χ1v) is 7.62. The highest BCUT2D eigenvalue weighted by atomic mass is 16.3. The third-order valence-electron chi connectivity index (χ3n) is 3.69. The van der Waals surface area contributed by atoms with Crippen LogP contribution < -0.4 is 10.6 Å². The van der Waals surface area contributed by atoms with Crippen LogP contribution in [0.2, 0.25) is 0 Å². The molecule has 1 aliphatic carbocycles. The molecular weight excluding hydrogens is 252 g/mol. The number of aliphatic hydroxyl groups excluding tert-OH is 1. The third-order valence-corrected chi connectivity index (χ3v) is 3.69. The predicted octanol–water partition coefficient (Wildman–Crippen LogP) is 2.52. The van der Waals surface area contributed by atoms with E-state index < -0.39 is 0 Å². The number of aliphatic hydroxyl groups is 1. The van der Waals surface area contributed by atoms with Gasteiger partial charge in [-0.3, -0.25) is 0 Å². The second-order valence-electron chi connectivity index (χ2n) is 5.71. The Labute approximate surface area is 121 Å². The minimum Gasteiger partial charge on any atom is -0.396 e. The fraction of sp³-hybridized carbons (Fsp3) is 0.733. The predicted molar refractivity (Wildman–Crippen MR) is 82.3 cm³/mol. The van der Waals surface area contributed by atoms with Crippen LogP contribution in [0.25, 0.3) is 0 Å². The SMILES string of the molecule is CCNc1nc(C2CC2)nc(NCC(C)CCO)c1C. The van der Waals surface area contributed by atoms with Crippen molar-refractivity contribution in [1.29, 1.82) is 0 Å². The highest BCUT2D eigenvalue weighted by Gasteiger charge is 2.28. The van der Waals surface area contributed by atoms with E-state index in [1.807, 2.05) is 6.92 Å². The summed E-state index contributed by atoms with van der Waals surface area (Å²) in [6.45, 7) is 8.19. The summed E-state index contributed by atoms with van der Waals surface area (Å²) in [6, 6.07) is 0. The van der Waals surface area contributed by atoms with Gasteiger partial charge in [0.05, 0.1) is 0 Å². The number of rotatable bonds is 8. The smallest absolute Gasteiger partial charge is 0.136 e. The van der Waals surface area contributed by atoms with Gasteiger partial charge in [-0.15, -0.1) is 0 Å². The zero-order valence-electron chi connectivity index (χ0n) is 12.7. The van der Waals surface area contributed by atoms with Gasteiger partial charge in [0.15, 0.2) is 0 Å². The molecule has 5 heteroatoms. The molecule has 1 aromatic rings. The van der Waals surface area contributed by atoms with Crippen molar-refractivity contribution in [3.8, 4) is 0 Å². The number of nitrogens with one attached hydrogen (secondary N) is 2. The molecule has 0 bridgehead atoms. The minimum absolute atomic E-state index is 0.238. The quantitative estimate of drug-likeness (QED) is 0.681. The Hall–Kier alpha value is -1.36. The molecule has 3 N–H and O–H groups in total. The van der Waals surface area contributed by atoms with E-state index in [0.717, 1.165) is 42.5 Å². The molecule has 1 saturated carbocycles. The number of hydrogen-bond donors (Lipinski definition) is 3. The maximum Gasteiger partial charge on any atom is 0.136 e. The van der Waals surface area contributed by atoms with Gasteiger partial charge in [0.25, 0.3) is 0 Å². The van der Waals surface area contributed by atoms with Crippen LogP contribution >= 0.6 is 0 Å². The number of hydrogen-bond acceptors (Lipinski definition) is 5. The molecule has 1 fully saturated rings. The van der Waals surface area contributed by atoms with Crippen LogP contribution in [-0.2, 0) is 0 Å². The van der Waals surface area contributed by atoms with Crippen LogP contribution in [0, 0.1) is 12.8 Å². The second-order valence-corrected chi connectivity index (χ2v) is 5.71. The molecule has 1 aromatic heterocycles. The molecule has 0 radical (unpaired) electrons. The molecule has 1 heterocycles. The van der Waals surface area contributed by atoms with E-state index in [0.29, 0.717) is 11.8 Å². The Bertz CT molecular complexity index is 446. The van der Waals surface area contributed by atoms with E-state index in [4.69, 9.17) is 5.11 Å². The third kappa shape index (κ3) is 3.82. The average molecular weight is 278 g/mol. The molecule has 112 valence electrons. The van der Waals surface area contributed by atoms with Crippen LogP contribution in [0.3, 0.4) is 0 Å². The van der Waals surface area contributed by atoms with Crippen molar-refractivity contribution in [3.05, 3.63) is 11.4 Å². The standard InChI is InChI=1S/C15H26N4O/c1-4-16-13-11(3)14(17-9-10(2)7-8-20)19-15(18-13)12-5-6-12/h10,12,20H,4-9H2,1-3H3,(H2,16,17,18,19). The zero-order chi connectivity index (χ0) is 14.5. The van der Waals surface area contributed by atoms with Crippen LogP contribution in [-0.4, -0.2) is 34.8 Å². The maximum absolute atomic E-state index is 8.96. The van der Waals surface area contributed by atoms with Gasteiger partial charge >= 0.3 is 0 Å². The van der Waals surface area contributed by atoms with E-state index in [9.17, 15) is 0 Å². The lowest BCUT2D eigenvalue weighted by Crippen LogP contribution is -2.16. The van der Waals surface area contributed by atoms with E-state index in [2.05, 4.69) is 34.4 Å². The molecule has 5 nitrogen and oxygen atoms in total. The summed E-state index contributed by atoms with van der Waals surface area (Å²) >= 11 is 0. The Balaban J connectivity index is 2.12. The van der Waals surface area contributed by atoms with Gasteiger partial charge in [0.1, 0.15) is 17.5 Å². The Kier molecular flexibility index (Phi) is 5.17. The topological polar surface area (TPSA) is 70.1 Å². The summed E-state index contributed by atoms with van der Waals surface area (Å²) in [4.78, 5) is 9.33. The lowest BCUT2D eigenvalue weighted by Gasteiger charge is -2.16. The molecule has 0 amide bonds. The zero-order valence-corrected chi connectivity index (χ0v) is 12.7. The van der Waals surface area contributed by atoms with Gasteiger partial charge in [-0.2, -0.15) is 0 Å². The van der Waals surface area contributed by atoms with Gasteiger partial charge < -0.3 is 15.7 Å². The van der Waals surface area contributed by atoms with Crippen LogP contribution in [0.15, 0.2) is 0 Å². The van der Waals surface area contributed by atoms with Crippen molar-refractivity contribution in [2.24, 2.45) is 5.92 Å². The summed E-state index contributed by atoms with van der Waals surface area (Å²) in [5.41, 5.74) is 1.08. The van der Waals surface area contributed by atoms with Crippen molar-refractivity contribution in [3.63, 3.8) is 0 Å². The summed E-state index contributed by atoms with van der Waals surface area (Å²) in [5.74, 6) is 3.82. The Morgan fingerprint density at radius 3 is 2.45 bits per heavy atom. The first-order valence-electron chi connectivity index (χ1n) is 7.62. The van der Waals surface area contributed by atoms with Crippen LogP contribution in [0.5, 0.6) is 0 Å². The maximum atomic E-state index is 8.96. The molecule has 1 aliphatic rings. The molecule has 20 heavy (non-hydrogen) atoms. The van der Waals surface area contributed by atoms with Crippen molar-refractivity contribution in [1.82, 2.24) is 9.97 Å². The van der Waals surface area contributed by atoms with E-state index in [1.165, 1.54) is 12.8 Å². The van der Waals surface area contributed by atoms with Gasteiger partial charge in [0, 0.05) is 31.2 Å². The monoisotopic (exact) mass is 278 g/mol. The van der Waals surface area contributed by atoms with Crippen LogP contribution in [0.1, 0.15) is 50.4 Å². The van der Waals surface area contributed by atoms with Gasteiger partial charge in [-0.1, -0.05) is 6.92 Å². The van der Waals surface area contributed by atoms with Crippen molar-refractivity contribution in [2.75, 3.05) is 30.3 Å². The summed E-state index contributed by atoms with van der Waals surface area (Å²) in [7, 11) is 0. The Morgan fingerprint density at radius 2 is 1.90 bits per heavy atom. The molecule has 1 unspecified atom stereocenters. The lowest BCUT2D eigenvalue weighted by atomic mass is 10.1. The molecule has 0 spiro atoms. The fourth-order valence-corrected chi connectivity index (χ4v) is 2.16.